The van der Waals surface area contributed by atoms with Gasteiger partial charge in [0.15, 0.2) is 0 Å². The Balaban J connectivity index is 1.86. The first-order chi connectivity index (χ1) is 14.1. The van der Waals surface area contributed by atoms with Crippen molar-refractivity contribution in [2.24, 2.45) is 16.7 Å². The Hall–Kier alpha value is -2.51. The minimum Gasteiger partial charge on any atom is -0.480 e. The maximum absolute atomic E-state index is 13.5. The van der Waals surface area contributed by atoms with Crippen LogP contribution in [-0.2, 0) is 15.8 Å². The van der Waals surface area contributed by atoms with Gasteiger partial charge in [0.1, 0.15) is 12.1 Å². The largest absolute Gasteiger partial charge is 0.480 e. The van der Waals surface area contributed by atoms with Gasteiger partial charge in [0, 0.05) is 23.6 Å². The molecular weight excluding hydrogens is 409 g/mol. The second-order valence-electron chi connectivity index (χ2n) is 10.1. The van der Waals surface area contributed by atoms with Crippen molar-refractivity contribution in [1.29, 1.82) is 0 Å². The standard InChI is InChI=1S/C23H29F3N2O3/c1-21(2,3)18(27-15-8-6-7-14(10-15)23(24,25)26)19(29)28-12-13(9-17(28)20(30)31)16-11-22(16,4)5/h6-8,10-11,13,17-18,27H,9,12H2,1-5H3,(H,30,31)/t13-,17+,18-/m1/s1. The van der Waals surface area contributed by atoms with E-state index in [2.05, 4.69) is 25.2 Å². The van der Waals surface area contributed by atoms with Gasteiger partial charge in [0.2, 0.25) is 5.91 Å². The number of carbonyl (C=O) groups excluding carboxylic acids is 1. The van der Waals surface area contributed by atoms with Crippen LogP contribution in [0.4, 0.5) is 18.9 Å². The molecule has 0 saturated carbocycles. The van der Waals surface area contributed by atoms with Crippen molar-refractivity contribution in [3.05, 3.63) is 41.5 Å². The fourth-order valence-corrected chi connectivity index (χ4v) is 4.30. The molecule has 1 heterocycles. The lowest BCUT2D eigenvalue weighted by Gasteiger charge is -2.35. The maximum Gasteiger partial charge on any atom is 0.416 e. The number of carboxylic acid groups (broad SMARTS) is 1. The molecule has 3 rings (SSSR count). The zero-order valence-corrected chi connectivity index (χ0v) is 18.4. The van der Waals surface area contributed by atoms with Gasteiger partial charge in [-0.2, -0.15) is 13.2 Å². The van der Waals surface area contributed by atoms with Crippen molar-refractivity contribution in [3.8, 4) is 0 Å². The Labute approximate surface area is 180 Å². The van der Waals surface area contributed by atoms with E-state index in [-0.39, 0.29) is 17.0 Å². The van der Waals surface area contributed by atoms with Gasteiger partial charge in [-0.05, 0) is 30.0 Å². The highest BCUT2D eigenvalue weighted by molar-refractivity contribution is 5.90. The van der Waals surface area contributed by atoms with Crippen molar-refractivity contribution in [2.75, 3.05) is 11.9 Å². The molecule has 1 fully saturated rings. The number of anilines is 1. The molecule has 1 aliphatic heterocycles. The number of allylic oxidation sites excluding steroid dienone is 1. The molecular formula is C23H29F3N2O3. The second-order valence-corrected chi connectivity index (χ2v) is 10.1. The highest BCUT2D eigenvalue weighted by Crippen LogP contribution is 2.51. The molecule has 5 nitrogen and oxygen atoms in total. The molecule has 0 bridgehead atoms. The number of carboxylic acids is 1. The fourth-order valence-electron chi connectivity index (χ4n) is 4.30. The number of hydrogen-bond donors (Lipinski definition) is 2. The van der Waals surface area contributed by atoms with Crippen molar-refractivity contribution >= 4 is 17.6 Å². The van der Waals surface area contributed by atoms with E-state index in [9.17, 15) is 27.9 Å². The van der Waals surface area contributed by atoms with Crippen LogP contribution in [0.5, 0.6) is 0 Å². The van der Waals surface area contributed by atoms with E-state index in [0.717, 1.165) is 17.7 Å². The summed E-state index contributed by atoms with van der Waals surface area (Å²) in [4.78, 5) is 26.8. The summed E-state index contributed by atoms with van der Waals surface area (Å²) in [5, 5.41) is 12.7. The summed E-state index contributed by atoms with van der Waals surface area (Å²) in [6.45, 7) is 9.79. The van der Waals surface area contributed by atoms with E-state index in [1.165, 1.54) is 17.0 Å². The van der Waals surface area contributed by atoms with E-state index in [4.69, 9.17) is 0 Å². The van der Waals surface area contributed by atoms with Crippen LogP contribution in [0.3, 0.4) is 0 Å². The van der Waals surface area contributed by atoms with Crippen LogP contribution in [0, 0.1) is 16.7 Å². The zero-order valence-electron chi connectivity index (χ0n) is 18.4. The number of rotatable bonds is 5. The molecule has 1 amide bonds. The Morgan fingerprint density at radius 1 is 1.23 bits per heavy atom. The Bertz CT molecular complexity index is 915. The number of carbonyl (C=O) groups is 2. The Morgan fingerprint density at radius 3 is 2.32 bits per heavy atom. The summed E-state index contributed by atoms with van der Waals surface area (Å²) < 4.78 is 39.3. The summed E-state index contributed by atoms with van der Waals surface area (Å²) in [6.07, 6.45) is -2.07. The van der Waals surface area contributed by atoms with Gasteiger partial charge in [0.25, 0.3) is 0 Å². The number of aliphatic carboxylic acids is 1. The van der Waals surface area contributed by atoms with Gasteiger partial charge >= 0.3 is 12.1 Å². The number of amides is 1. The van der Waals surface area contributed by atoms with Crippen molar-refractivity contribution in [1.82, 2.24) is 4.90 Å². The molecule has 2 aliphatic rings. The normalized spacial score (nSPS) is 23.9. The van der Waals surface area contributed by atoms with Crippen LogP contribution >= 0.6 is 0 Å². The molecule has 1 saturated heterocycles. The van der Waals surface area contributed by atoms with Crippen LogP contribution in [0.15, 0.2) is 35.9 Å². The highest BCUT2D eigenvalue weighted by atomic mass is 19.4. The number of likely N-dealkylation sites (tertiary alicyclic amines) is 1. The highest BCUT2D eigenvalue weighted by Gasteiger charge is 2.49. The predicted molar refractivity (Wildman–Crippen MR) is 111 cm³/mol. The van der Waals surface area contributed by atoms with Gasteiger partial charge in [0.05, 0.1) is 5.56 Å². The van der Waals surface area contributed by atoms with Crippen molar-refractivity contribution in [3.63, 3.8) is 0 Å². The third kappa shape index (κ3) is 4.88. The van der Waals surface area contributed by atoms with Crippen molar-refractivity contribution in [2.45, 2.75) is 59.3 Å². The summed E-state index contributed by atoms with van der Waals surface area (Å²) in [5.74, 6) is -1.50. The number of benzene rings is 1. The minimum atomic E-state index is -4.50. The number of halogens is 3. The zero-order chi connectivity index (χ0) is 23.4. The maximum atomic E-state index is 13.5. The quantitative estimate of drug-likeness (QED) is 0.648. The number of nitrogens with one attached hydrogen (secondary N) is 1. The van der Waals surface area contributed by atoms with Crippen LogP contribution in [0.2, 0.25) is 0 Å². The molecule has 2 N–H and O–H groups in total. The topological polar surface area (TPSA) is 69.6 Å². The molecule has 1 aromatic carbocycles. The summed E-state index contributed by atoms with van der Waals surface area (Å²) in [5.41, 5.74) is -0.203. The average molecular weight is 438 g/mol. The molecule has 8 heteroatoms. The average Bonchev–Trinajstić information content (AvgIpc) is 3.07. The third-order valence-corrected chi connectivity index (χ3v) is 6.10. The molecule has 0 unspecified atom stereocenters. The molecule has 170 valence electrons. The fraction of sp³-hybridized carbons (Fsp3) is 0.565. The minimum absolute atomic E-state index is 0.0192. The monoisotopic (exact) mass is 438 g/mol. The molecule has 0 radical (unpaired) electrons. The van der Waals surface area contributed by atoms with Gasteiger partial charge < -0.3 is 15.3 Å². The van der Waals surface area contributed by atoms with Crippen LogP contribution in [0.25, 0.3) is 0 Å². The van der Waals surface area contributed by atoms with Gasteiger partial charge in [-0.25, -0.2) is 4.79 Å². The lowest BCUT2D eigenvalue weighted by Crippen LogP contribution is -2.52. The molecule has 0 aromatic heterocycles. The molecule has 3 atom stereocenters. The number of nitrogens with zero attached hydrogens (tertiary/aromatic N) is 1. The molecule has 31 heavy (non-hydrogen) atoms. The lowest BCUT2D eigenvalue weighted by atomic mass is 9.85. The smallest absolute Gasteiger partial charge is 0.416 e. The first-order valence-corrected chi connectivity index (χ1v) is 10.3. The summed E-state index contributed by atoms with van der Waals surface area (Å²) >= 11 is 0. The van der Waals surface area contributed by atoms with E-state index in [0.29, 0.717) is 13.0 Å². The molecule has 1 aromatic rings. The van der Waals surface area contributed by atoms with Crippen LogP contribution < -0.4 is 5.32 Å². The van der Waals surface area contributed by atoms with Gasteiger partial charge in [-0.15, -0.1) is 0 Å². The van der Waals surface area contributed by atoms with E-state index >= 15 is 0 Å². The van der Waals surface area contributed by atoms with Crippen molar-refractivity contribution < 1.29 is 27.9 Å². The number of alkyl halides is 3. The van der Waals surface area contributed by atoms with Crippen LogP contribution in [0.1, 0.15) is 46.6 Å². The van der Waals surface area contributed by atoms with Gasteiger partial charge in [-0.3, -0.25) is 4.79 Å². The first-order valence-electron chi connectivity index (χ1n) is 10.3. The lowest BCUT2D eigenvalue weighted by molar-refractivity contribution is -0.149. The SMILES string of the molecule is CC1(C)C=C1[C@@H]1C[C@@H](C(=O)O)N(C(=O)[C@@H](Nc2cccc(C(F)(F)F)c2)C(C)(C)C)C1. The Morgan fingerprint density at radius 2 is 1.84 bits per heavy atom. The number of hydrogen-bond acceptors (Lipinski definition) is 3. The van der Waals surface area contributed by atoms with E-state index in [1.54, 1.807) is 20.8 Å². The van der Waals surface area contributed by atoms with Gasteiger partial charge in [-0.1, -0.05) is 52.3 Å². The molecule has 1 aliphatic carbocycles. The van der Waals surface area contributed by atoms with E-state index in [1.807, 2.05) is 0 Å². The summed E-state index contributed by atoms with van der Waals surface area (Å²) in [7, 11) is 0. The summed E-state index contributed by atoms with van der Waals surface area (Å²) in [6, 6.07) is 2.84. The Kier molecular flexibility index (Phi) is 5.65. The van der Waals surface area contributed by atoms with Crippen LogP contribution in [-0.4, -0.2) is 40.5 Å². The first kappa shape index (κ1) is 23.2. The predicted octanol–water partition coefficient (Wildman–Crippen LogP) is 4.80. The second kappa shape index (κ2) is 7.57. The third-order valence-electron chi connectivity index (χ3n) is 6.10. The van der Waals surface area contributed by atoms with E-state index < -0.39 is 41.1 Å². The molecule has 0 spiro atoms.